The predicted molar refractivity (Wildman–Crippen MR) is 108 cm³/mol. The van der Waals surface area contributed by atoms with Crippen molar-refractivity contribution >= 4 is 24.1 Å². The van der Waals surface area contributed by atoms with Gasteiger partial charge in [0.15, 0.2) is 34.6 Å². The van der Waals surface area contributed by atoms with Crippen LogP contribution in [-0.2, 0) is 0 Å². The van der Waals surface area contributed by atoms with Crippen molar-refractivity contribution in [2.24, 2.45) is 9.98 Å². The Hall–Kier alpha value is -3.87. The number of phenolic OH excluding ortho intramolecular Hbond substituents is 2. The molecule has 3 rings (SSSR count). The molecule has 0 fully saturated rings. The Morgan fingerprint density at radius 2 is 1.14 bits per heavy atom. The summed E-state index contributed by atoms with van der Waals surface area (Å²) in [6, 6.07) is 15.5. The number of nitrogens with zero attached hydrogens (tertiary/aromatic N) is 3. The van der Waals surface area contributed by atoms with E-state index in [-0.39, 0.29) is 11.5 Å². The van der Waals surface area contributed by atoms with Gasteiger partial charge in [0.1, 0.15) is 0 Å². The van der Waals surface area contributed by atoms with Gasteiger partial charge in [-0.3, -0.25) is 0 Å². The van der Waals surface area contributed by atoms with E-state index in [0.717, 1.165) is 0 Å². The number of methoxy groups -OCH3 is 2. The van der Waals surface area contributed by atoms with Crippen LogP contribution in [0.5, 0.6) is 23.0 Å². The van der Waals surface area contributed by atoms with E-state index in [0.29, 0.717) is 34.3 Å². The minimum Gasteiger partial charge on any atom is -0.504 e. The number of hydrogen-bond donors (Lipinski definition) is 2. The Morgan fingerprint density at radius 1 is 0.714 bits per heavy atom. The second-order valence-corrected chi connectivity index (χ2v) is 5.67. The maximum absolute atomic E-state index is 10.1. The van der Waals surface area contributed by atoms with Crippen molar-refractivity contribution in [2.45, 2.75) is 0 Å². The molecular formula is C21H19N3O4. The zero-order valence-corrected chi connectivity index (χ0v) is 15.4. The summed E-state index contributed by atoms with van der Waals surface area (Å²) in [5, 5.41) is 20.2. The molecule has 2 aromatic carbocycles. The van der Waals surface area contributed by atoms with Crippen molar-refractivity contribution in [3.8, 4) is 23.0 Å². The van der Waals surface area contributed by atoms with E-state index in [1.807, 2.05) is 0 Å². The standard InChI is InChI=1S/C21H19N3O4/c1-27-16-8-3-6-14(20(16)25)12-22-18-10-5-11-19(24-18)23-13-15-7-4-9-17(28-2)21(15)26/h3-13,25-26H,1-2H3/b22-12-,23-13-. The van der Waals surface area contributed by atoms with Gasteiger partial charge >= 0.3 is 0 Å². The number of phenols is 2. The van der Waals surface area contributed by atoms with E-state index in [1.54, 1.807) is 54.6 Å². The second-order valence-electron chi connectivity index (χ2n) is 5.67. The molecule has 3 aromatic rings. The molecule has 0 amide bonds. The highest BCUT2D eigenvalue weighted by molar-refractivity contribution is 5.87. The molecule has 0 bridgehead atoms. The summed E-state index contributed by atoms with van der Waals surface area (Å²) < 4.78 is 10.2. The first-order valence-corrected chi connectivity index (χ1v) is 8.39. The second kappa shape index (κ2) is 8.68. The number of hydrogen-bond acceptors (Lipinski definition) is 7. The number of ether oxygens (including phenoxy) is 2. The van der Waals surface area contributed by atoms with Gasteiger partial charge in [-0.15, -0.1) is 0 Å². The third-order valence-corrected chi connectivity index (χ3v) is 3.89. The lowest BCUT2D eigenvalue weighted by molar-refractivity contribution is 0.373. The van der Waals surface area contributed by atoms with Crippen LogP contribution >= 0.6 is 0 Å². The Bertz CT molecular complexity index is 953. The smallest absolute Gasteiger partial charge is 0.166 e. The molecule has 0 aliphatic carbocycles. The summed E-state index contributed by atoms with van der Waals surface area (Å²) in [6.07, 6.45) is 3.00. The fourth-order valence-electron chi connectivity index (χ4n) is 2.44. The van der Waals surface area contributed by atoms with Crippen LogP contribution in [0.1, 0.15) is 11.1 Å². The van der Waals surface area contributed by atoms with Crippen LogP contribution < -0.4 is 9.47 Å². The Balaban J connectivity index is 1.81. The molecule has 0 atom stereocenters. The number of rotatable bonds is 6. The molecule has 0 saturated heterocycles. The molecule has 0 aliphatic heterocycles. The number of para-hydroxylation sites is 2. The Labute approximate surface area is 162 Å². The molecule has 0 spiro atoms. The van der Waals surface area contributed by atoms with E-state index in [2.05, 4.69) is 15.0 Å². The van der Waals surface area contributed by atoms with Gasteiger partial charge < -0.3 is 19.7 Å². The zero-order chi connectivity index (χ0) is 19.9. The van der Waals surface area contributed by atoms with E-state index in [1.165, 1.54) is 26.6 Å². The highest BCUT2D eigenvalue weighted by Gasteiger charge is 2.06. The molecule has 142 valence electrons. The molecular weight excluding hydrogens is 358 g/mol. The fourth-order valence-corrected chi connectivity index (χ4v) is 2.44. The van der Waals surface area contributed by atoms with Crippen molar-refractivity contribution in [3.63, 3.8) is 0 Å². The van der Waals surface area contributed by atoms with Gasteiger partial charge in [0.2, 0.25) is 0 Å². The number of pyridine rings is 1. The maximum Gasteiger partial charge on any atom is 0.166 e. The largest absolute Gasteiger partial charge is 0.504 e. The van der Waals surface area contributed by atoms with Crippen LogP contribution in [0.2, 0.25) is 0 Å². The first-order valence-electron chi connectivity index (χ1n) is 8.39. The van der Waals surface area contributed by atoms with E-state index < -0.39 is 0 Å². The van der Waals surface area contributed by atoms with E-state index in [4.69, 9.17) is 9.47 Å². The van der Waals surface area contributed by atoms with Gasteiger partial charge in [-0.2, -0.15) is 0 Å². The van der Waals surface area contributed by atoms with Crippen LogP contribution in [0.4, 0.5) is 11.6 Å². The van der Waals surface area contributed by atoms with Gasteiger partial charge in [0.25, 0.3) is 0 Å². The summed E-state index contributed by atoms with van der Waals surface area (Å²) >= 11 is 0. The molecule has 0 unspecified atom stereocenters. The summed E-state index contributed by atoms with van der Waals surface area (Å²) in [6.45, 7) is 0. The quantitative estimate of drug-likeness (QED) is 0.633. The van der Waals surface area contributed by atoms with Crippen LogP contribution in [0.15, 0.2) is 64.6 Å². The van der Waals surface area contributed by atoms with Gasteiger partial charge in [-0.05, 0) is 36.4 Å². The maximum atomic E-state index is 10.1. The summed E-state index contributed by atoms with van der Waals surface area (Å²) in [5.41, 5.74) is 1.02. The SMILES string of the molecule is COc1cccc(/C=N\c2cccc(/N=C\c3cccc(OC)c3O)n2)c1O. The number of aromatic hydroxyl groups is 2. The molecule has 7 nitrogen and oxygen atoms in total. The molecule has 0 radical (unpaired) electrons. The van der Waals surface area contributed by atoms with Crippen molar-refractivity contribution in [3.05, 3.63) is 65.7 Å². The lowest BCUT2D eigenvalue weighted by atomic mass is 10.2. The lowest BCUT2D eigenvalue weighted by Gasteiger charge is -2.05. The molecule has 0 saturated carbocycles. The average Bonchev–Trinajstić information content (AvgIpc) is 2.72. The van der Waals surface area contributed by atoms with Crippen molar-refractivity contribution in [1.29, 1.82) is 0 Å². The van der Waals surface area contributed by atoms with Gasteiger partial charge in [0, 0.05) is 23.6 Å². The van der Waals surface area contributed by atoms with Gasteiger partial charge in [-0.1, -0.05) is 18.2 Å². The third-order valence-electron chi connectivity index (χ3n) is 3.89. The van der Waals surface area contributed by atoms with Crippen LogP contribution in [0.25, 0.3) is 0 Å². The number of aliphatic imine (C=N–C) groups is 2. The molecule has 7 heteroatoms. The van der Waals surface area contributed by atoms with Crippen molar-refractivity contribution in [2.75, 3.05) is 14.2 Å². The van der Waals surface area contributed by atoms with Crippen molar-refractivity contribution < 1.29 is 19.7 Å². The molecule has 1 heterocycles. The van der Waals surface area contributed by atoms with Crippen LogP contribution in [-0.4, -0.2) is 41.8 Å². The lowest BCUT2D eigenvalue weighted by Crippen LogP contribution is -1.89. The summed E-state index contributed by atoms with van der Waals surface area (Å²) in [7, 11) is 2.97. The normalized spacial score (nSPS) is 11.2. The highest BCUT2D eigenvalue weighted by atomic mass is 16.5. The first-order chi connectivity index (χ1) is 13.6. The Kier molecular flexibility index (Phi) is 5.86. The third kappa shape index (κ3) is 4.27. The monoisotopic (exact) mass is 377 g/mol. The van der Waals surface area contributed by atoms with Crippen LogP contribution in [0, 0.1) is 0 Å². The minimum absolute atomic E-state index is 0.0106. The first kappa shape index (κ1) is 18.9. The topological polar surface area (TPSA) is 96.5 Å². The fraction of sp³-hybridized carbons (Fsp3) is 0.0952. The number of benzene rings is 2. The van der Waals surface area contributed by atoms with Gasteiger partial charge in [-0.25, -0.2) is 15.0 Å². The average molecular weight is 377 g/mol. The molecule has 28 heavy (non-hydrogen) atoms. The van der Waals surface area contributed by atoms with Crippen LogP contribution in [0.3, 0.4) is 0 Å². The molecule has 0 aliphatic rings. The number of aromatic nitrogens is 1. The van der Waals surface area contributed by atoms with E-state index in [9.17, 15) is 10.2 Å². The predicted octanol–water partition coefficient (Wildman–Crippen LogP) is 4.01. The van der Waals surface area contributed by atoms with E-state index >= 15 is 0 Å². The van der Waals surface area contributed by atoms with Gasteiger partial charge in [0.05, 0.1) is 14.2 Å². The Morgan fingerprint density at radius 3 is 1.57 bits per heavy atom. The highest BCUT2D eigenvalue weighted by Crippen LogP contribution is 2.29. The zero-order valence-electron chi connectivity index (χ0n) is 15.4. The minimum atomic E-state index is 0.0106. The molecule has 2 N–H and O–H groups in total. The van der Waals surface area contributed by atoms with Crippen molar-refractivity contribution in [1.82, 2.24) is 4.98 Å². The summed E-state index contributed by atoms with van der Waals surface area (Å²) in [5.74, 6) is 1.60. The summed E-state index contributed by atoms with van der Waals surface area (Å²) in [4.78, 5) is 12.9. The molecule has 1 aromatic heterocycles.